The molecule has 0 amide bonds. The minimum atomic E-state index is -0.236. The van der Waals surface area contributed by atoms with Gasteiger partial charge in [-0.15, -0.1) is 0 Å². The van der Waals surface area contributed by atoms with E-state index in [1.54, 1.807) is 7.11 Å². The van der Waals surface area contributed by atoms with Gasteiger partial charge in [0, 0.05) is 19.5 Å². The van der Waals surface area contributed by atoms with E-state index in [9.17, 15) is 0 Å². The monoisotopic (exact) mass is 277 g/mol. The lowest BCUT2D eigenvalue weighted by molar-refractivity contribution is -0.0878. The molecule has 1 saturated carbocycles. The van der Waals surface area contributed by atoms with Crippen molar-refractivity contribution >= 4 is 0 Å². The predicted molar refractivity (Wildman–Crippen MR) is 81.0 cm³/mol. The van der Waals surface area contributed by atoms with E-state index in [1.807, 2.05) is 19.3 Å². The van der Waals surface area contributed by atoms with Gasteiger partial charge >= 0.3 is 0 Å². The Balaban J connectivity index is 2.29. The fraction of sp³-hybridized carbons (Fsp3) is 0.688. The Morgan fingerprint density at radius 1 is 1.25 bits per heavy atom. The molecular formula is C16H27N3O. The molecule has 0 radical (unpaired) electrons. The molecule has 20 heavy (non-hydrogen) atoms. The van der Waals surface area contributed by atoms with E-state index >= 15 is 0 Å². The van der Waals surface area contributed by atoms with Crippen molar-refractivity contribution in [3.8, 4) is 0 Å². The molecule has 1 aromatic rings. The fourth-order valence-electron chi connectivity index (χ4n) is 3.25. The van der Waals surface area contributed by atoms with Crippen molar-refractivity contribution in [3.05, 3.63) is 29.6 Å². The number of nitrogens with two attached hydrogens (primary N) is 1. The number of nitrogens with zero attached hydrogens (tertiary/aromatic N) is 1. The van der Waals surface area contributed by atoms with E-state index < -0.39 is 0 Å². The molecule has 1 aliphatic carbocycles. The van der Waals surface area contributed by atoms with Gasteiger partial charge in [0.2, 0.25) is 0 Å². The van der Waals surface area contributed by atoms with Crippen LogP contribution in [-0.4, -0.2) is 17.7 Å². The minimum absolute atomic E-state index is 0.0176. The summed E-state index contributed by atoms with van der Waals surface area (Å²) in [5.74, 6) is 5.86. The summed E-state index contributed by atoms with van der Waals surface area (Å²) in [5, 5.41) is 0. The Morgan fingerprint density at radius 2 is 1.90 bits per heavy atom. The smallest absolute Gasteiger partial charge is 0.0886 e. The van der Waals surface area contributed by atoms with Crippen LogP contribution in [0.2, 0.25) is 0 Å². The quantitative estimate of drug-likeness (QED) is 0.656. The summed E-state index contributed by atoms with van der Waals surface area (Å²) in [4.78, 5) is 4.29. The number of methoxy groups -OCH3 is 1. The highest BCUT2D eigenvalue weighted by Gasteiger charge is 2.44. The second-order valence-corrected chi connectivity index (χ2v) is 6.83. The highest BCUT2D eigenvalue weighted by Crippen LogP contribution is 2.47. The summed E-state index contributed by atoms with van der Waals surface area (Å²) in [6, 6.07) is 2.12. The van der Waals surface area contributed by atoms with E-state index in [4.69, 9.17) is 10.6 Å². The Kier molecular flexibility index (Phi) is 4.47. The van der Waals surface area contributed by atoms with Crippen LogP contribution >= 0.6 is 0 Å². The summed E-state index contributed by atoms with van der Waals surface area (Å²) in [7, 11) is 1.80. The number of hydrogen-bond acceptors (Lipinski definition) is 4. The van der Waals surface area contributed by atoms with Crippen molar-refractivity contribution in [1.82, 2.24) is 10.4 Å². The molecule has 0 spiro atoms. The van der Waals surface area contributed by atoms with Crippen LogP contribution in [0.15, 0.2) is 18.5 Å². The molecule has 2 rings (SSSR count). The van der Waals surface area contributed by atoms with Gasteiger partial charge in [0.15, 0.2) is 0 Å². The first-order valence-corrected chi connectivity index (χ1v) is 7.35. The van der Waals surface area contributed by atoms with Crippen molar-refractivity contribution in [2.75, 3.05) is 7.11 Å². The third kappa shape index (κ3) is 3.03. The van der Waals surface area contributed by atoms with E-state index in [1.165, 1.54) is 0 Å². The third-order valence-corrected chi connectivity index (χ3v) is 4.78. The molecule has 4 heteroatoms. The van der Waals surface area contributed by atoms with Gasteiger partial charge in [0.05, 0.1) is 11.6 Å². The molecule has 0 bridgehead atoms. The van der Waals surface area contributed by atoms with Crippen LogP contribution in [0.4, 0.5) is 0 Å². The van der Waals surface area contributed by atoms with Gasteiger partial charge in [-0.05, 0) is 49.1 Å². The van der Waals surface area contributed by atoms with Crippen LogP contribution in [0.5, 0.6) is 0 Å². The summed E-state index contributed by atoms with van der Waals surface area (Å²) in [5.41, 5.74) is 5.38. The van der Waals surface area contributed by atoms with Gasteiger partial charge in [0.25, 0.3) is 0 Å². The van der Waals surface area contributed by atoms with Gasteiger partial charge in [-0.25, -0.2) is 0 Å². The summed E-state index contributed by atoms with van der Waals surface area (Å²) in [6.45, 7) is 6.70. The first kappa shape index (κ1) is 15.4. The summed E-state index contributed by atoms with van der Waals surface area (Å²) in [6.07, 6.45) is 8.08. The lowest BCUT2D eigenvalue weighted by Crippen LogP contribution is -2.51. The minimum Gasteiger partial charge on any atom is -0.376 e. The number of aryl methyl sites for hydroxylation is 1. The molecule has 4 nitrogen and oxygen atoms in total. The largest absolute Gasteiger partial charge is 0.376 e. The topological polar surface area (TPSA) is 60.2 Å². The molecule has 1 heterocycles. The zero-order chi connectivity index (χ0) is 14.8. The van der Waals surface area contributed by atoms with Gasteiger partial charge in [-0.2, -0.15) is 0 Å². The standard InChI is InChI=1S/C16H27N3O/c1-12-9-13(11-18-10-12)14(19-17)16(20-4)7-5-15(2,3)6-8-16/h9-11,14,19H,5-8,17H2,1-4H3. The Morgan fingerprint density at radius 3 is 2.40 bits per heavy atom. The van der Waals surface area contributed by atoms with Crippen molar-refractivity contribution in [3.63, 3.8) is 0 Å². The first-order chi connectivity index (χ1) is 9.42. The molecular weight excluding hydrogens is 250 g/mol. The van der Waals surface area contributed by atoms with Crippen LogP contribution in [0.3, 0.4) is 0 Å². The Hall–Kier alpha value is -0.970. The number of aromatic nitrogens is 1. The van der Waals surface area contributed by atoms with Crippen LogP contribution in [-0.2, 0) is 4.74 Å². The lowest BCUT2D eigenvalue weighted by atomic mass is 9.67. The molecule has 0 saturated heterocycles. The van der Waals surface area contributed by atoms with Crippen molar-refractivity contribution in [2.45, 2.75) is 58.1 Å². The van der Waals surface area contributed by atoms with Crippen LogP contribution in [0.25, 0.3) is 0 Å². The molecule has 1 aromatic heterocycles. The van der Waals surface area contributed by atoms with Gasteiger partial charge in [-0.3, -0.25) is 16.3 Å². The Bertz CT molecular complexity index is 449. The van der Waals surface area contributed by atoms with Gasteiger partial charge in [-0.1, -0.05) is 19.9 Å². The molecule has 0 aromatic carbocycles. The van der Waals surface area contributed by atoms with Crippen LogP contribution in [0, 0.1) is 12.3 Å². The van der Waals surface area contributed by atoms with Crippen LogP contribution in [0.1, 0.15) is 56.7 Å². The molecule has 112 valence electrons. The maximum absolute atomic E-state index is 5.95. The highest BCUT2D eigenvalue weighted by molar-refractivity contribution is 5.23. The maximum atomic E-state index is 5.95. The van der Waals surface area contributed by atoms with Gasteiger partial charge in [0.1, 0.15) is 0 Å². The average molecular weight is 277 g/mol. The fourth-order valence-corrected chi connectivity index (χ4v) is 3.25. The second-order valence-electron chi connectivity index (χ2n) is 6.83. The Labute approximate surface area is 122 Å². The van der Waals surface area contributed by atoms with Crippen molar-refractivity contribution < 1.29 is 4.74 Å². The molecule has 1 atom stereocenters. The van der Waals surface area contributed by atoms with E-state index in [0.29, 0.717) is 5.41 Å². The molecule has 1 aliphatic rings. The zero-order valence-electron chi connectivity index (χ0n) is 13.1. The number of hydrogen-bond donors (Lipinski definition) is 2. The summed E-state index contributed by atoms with van der Waals surface area (Å²) >= 11 is 0. The lowest BCUT2D eigenvalue weighted by Gasteiger charge is -2.46. The molecule has 3 N–H and O–H groups in total. The summed E-state index contributed by atoms with van der Waals surface area (Å²) < 4.78 is 5.95. The number of hydrazine groups is 1. The number of nitrogens with one attached hydrogen (secondary N) is 1. The van der Waals surface area contributed by atoms with Crippen LogP contribution < -0.4 is 11.3 Å². The maximum Gasteiger partial charge on any atom is 0.0886 e. The number of ether oxygens (including phenoxy) is 1. The third-order valence-electron chi connectivity index (χ3n) is 4.78. The zero-order valence-corrected chi connectivity index (χ0v) is 13.1. The van der Waals surface area contributed by atoms with Gasteiger partial charge < -0.3 is 4.74 Å². The second kappa shape index (κ2) is 5.80. The average Bonchev–Trinajstić information content (AvgIpc) is 2.42. The highest BCUT2D eigenvalue weighted by atomic mass is 16.5. The molecule has 1 fully saturated rings. The first-order valence-electron chi connectivity index (χ1n) is 7.35. The van der Waals surface area contributed by atoms with Crippen molar-refractivity contribution in [1.29, 1.82) is 0 Å². The van der Waals surface area contributed by atoms with E-state index in [-0.39, 0.29) is 11.6 Å². The SMILES string of the molecule is COC1(C(NN)c2cncc(C)c2)CCC(C)(C)CC1. The van der Waals surface area contributed by atoms with E-state index in [2.05, 4.69) is 30.3 Å². The predicted octanol–water partition coefficient (Wildman–Crippen LogP) is 2.88. The normalized spacial score (nSPS) is 22.4. The number of pyridine rings is 1. The molecule has 0 aliphatic heterocycles. The number of rotatable bonds is 4. The van der Waals surface area contributed by atoms with E-state index in [0.717, 1.165) is 36.8 Å². The van der Waals surface area contributed by atoms with Crippen molar-refractivity contribution in [2.24, 2.45) is 11.3 Å². The molecule has 1 unspecified atom stereocenters.